The van der Waals surface area contributed by atoms with E-state index in [4.69, 9.17) is 16.3 Å². The standard InChI is InChI=1S/C18H17ClF2N2O3/c1-18(2,3)26-17(25)22-11-5-7-13(20)15(9-11)23-16(24)12-6-4-10(19)8-14(12)21/h4-9H,1-3H3,(H,22,25)(H,23,24). The second-order valence-electron chi connectivity index (χ2n) is 6.40. The van der Waals surface area contributed by atoms with Crippen LogP contribution in [0, 0.1) is 11.6 Å². The van der Waals surface area contributed by atoms with Crippen LogP contribution >= 0.6 is 11.6 Å². The minimum Gasteiger partial charge on any atom is -0.444 e. The first kappa shape index (κ1) is 19.7. The maximum Gasteiger partial charge on any atom is 0.412 e. The van der Waals surface area contributed by atoms with Gasteiger partial charge < -0.3 is 10.1 Å². The van der Waals surface area contributed by atoms with Crippen LogP contribution in [-0.4, -0.2) is 17.6 Å². The number of hydrogen-bond donors (Lipinski definition) is 2. The summed E-state index contributed by atoms with van der Waals surface area (Å²) < 4.78 is 32.8. The fraction of sp³-hybridized carbons (Fsp3) is 0.222. The first-order valence-electron chi connectivity index (χ1n) is 7.61. The highest BCUT2D eigenvalue weighted by Gasteiger charge is 2.18. The van der Waals surface area contributed by atoms with Crippen LogP contribution in [0.2, 0.25) is 5.02 Å². The van der Waals surface area contributed by atoms with Gasteiger partial charge in [-0.2, -0.15) is 0 Å². The summed E-state index contributed by atoms with van der Waals surface area (Å²) in [5, 5.41) is 4.82. The highest BCUT2D eigenvalue weighted by atomic mass is 35.5. The molecule has 0 unspecified atom stereocenters. The molecule has 0 saturated carbocycles. The highest BCUT2D eigenvalue weighted by Crippen LogP contribution is 2.22. The van der Waals surface area contributed by atoms with E-state index in [1.807, 2.05) is 0 Å². The molecule has 0 heterocycles. The average molecular weight is 383 g/mol. The molecule has 0 aliphatic carbocycles. The molecule has 0 saturated heterocycles. The van der Waals surface area contributed by atoms with Crippen molar-refractivity contribution in [2.45, 2.75) is 26.4 Å². The Kier molecular flexibility index (Phi) is 5.82. The minimum atomic E-state index is -0.854. The molecule has 0 aliphatic heterocycles. The smallest absolute Gasteiger partial charge is 0.412 e. The van der Waals surface area contributed by atoms with Gasteiger partial charge in [-0.25, -0.2) is 13.6 Å². The lowest BCUT2D eigenvalue weighted by Crippen LogP contribution is -2.27. The number of carbonyl (C=O) groups excluding carboxylic acids is 2. The molecule has 138 valence electrons. The Labute approximate surface area is 154 Å². The van der Waals surface area contributed by atoms with Gasteiger partial charge in [0.05, 0.1) is 11.3 Å². The number of amides is 2. The van der Waals surface area contributed by atoms with Gasteiger partial charge in [-0.1, -0.05) is 11.6 Å². The third kappa shape index (κ3) is 5.42. The Morgan fingerprint density at radius 3 is 2.31 bits per heavy atom. The van der Waals surface area contributed by atoms with Gasteiger partial charge in [0.15, 0.2) is 0 Å². The Hall–Kier alpha value is -2.67. The number of anilines is 2. The van der Waals surface area contributed by atoms with Crippen LogP contribution in [0.1, 0.15) is 31.1 Å². The summed E-state index contributed by atoms with van der Waals surface area (Å²) in [5.74, 6) is -2.44. The number of halogens is 3. The van der Waals surface area contributed by atoms with E-state index in [-0.39, 0.29) is 22.0 Å². The Morgan fingerprint density at radius 1 is 1.00 bits per heavy atom. The number of hydrogen-bond acceptors (Lipinski definition) is 3. The van der Waals surface area contributed by atoms with E-state index in [0.717, 1.165) is 12.1 Å². The molecule has 0 fully saturated rings. The Morgan fingerprint density at radius 2 is 1.69 bits per heavy atom. The van der Waals surface area contributed by atoms with E-state index in [2.05, 4.69) is 10.6 Å². The second kappa shape index (κ2) is 7.70. The van der Waals surface area contributed by atoms with Gasteiger partial charge in [0, 0.05) is 10.7 Å². The Bertz CT molecular complexity index is 851. The number of benzene rings is 2. The second-order valence-corrected chi connectivity index (χ2v) is 6.84. The minimum absolute atomic E-state index is 0.133. The summed E-state index contributed by atoms with van der Waals surface area (Å²) in [6.45, 7) is 5.09. The van der Waals surface area contributed by atoms with Gasteiger partial charge in [-0.3, -0.25) is 10.1 Å². The van der Waals surface area contributed by atoms with Crippen molar-refractivity contribution in [3.8, 4) is 0 Å². The molecule has 0 aromatic heterocycles. The lowest BCUT2D eigenvalue weighted by molar-refractivity contribution is 0.0635. The molecule has 0 atom stereocenters. The molecule has 5 nitrogen and oxygen atoms in total. The van der Waals surface area contributed by atoms with Crippen LogP contribution in [0.4, 0.5) is 25.0 Å². The van der Waals surface area contributed by atoms with Crippen molar-refractivity contribution >= 4 is 35.0 Å². The van der Waals surface area contributed by atoms with Crippen molar-refractivity contribution in [3.05, 3.63) is 58.6 Å². The molecule has 0 radical (unpaired) electrons. The van der Waals surface area contributed by atoms with Crippen LogP contribution < -0.4 is 10.6 Å². The van der Waals surface area contributed by atoms with Crippen molar-refractivity contribution in [2.24, 2.45) is 0 Å². The van der Waals surface area contributed by atoms with Gasteiger partial charge in [0.1, 0.15) is 17.2 Å². The Balaban J connectivity index is 2.16. The van der Waals surface area contributed by atoms with Crippen molar-refractivity contribution in [2.75, 3.05) is 10.6 Å². The molecular weight excluding hydrogens is 366 g/mol. The topological polar surface area (TPSA) is 67.4 Å². The van der Waals surface area contributed by atoms with Gasteiger partial charge in [-0.15, -0.1) is 0 Å². The molecule has 0 spiro atoms. The van der Waals surface area contributed by atoms with Crippen LogP contribution in [-0.2, 0) is 4.74 Å². The maximum absolute atomic E-state index is 13.9. The molecule has 8 heteroatoms. The van der Waals surface area contributed by atoms with E-state index >= 15 is 0 Å². The lowest BCUT2D eigenvalue weighted by atomic mass is 10.2. The van der Waals surface area contributed by atoms with Crippen LogP contribution in [0.25, 0.3) is 0 Å². The summed E-state index contributed by atoms with van der Waals surface area (Å²) in [5.41, 5.74) is -1.02. The molecule has 2 N–H and O–H groups in total. The lowest BCUT2D eigenvalue weighted by Gasteiger charge is -2.19. The van der Waals surface area contributed by atoms with Crippen molar-refractivity contribution in [1.82, 2.24) is 0 Å². The summed E-state index contributed by atoms with van der Waals surface area (Å²) in [7, 11) is 0. The third-order valence-corrected chi connectivity index (χ3v) is 3.27. The summed E-state index contributed by atoms with van der Waals surface area (Å²) in [6, 6.07) is 7.07. The average Bonchev–Trinajstić information content (AvgIpc) is 2.48. The normalized spacial score (nSPS) is 11.0. The van der Waals surface area contributed by atoms with Crippen molar-refractivity contribution in [3.63, 3.8) is 0 Å². The van der Waals surface area contributed by atoms with Crippen molar-refractivity contribution in [1.29, 1.82) is 0 Å². The van der Waals surface area contributed by atoms with Gasteiger partial charge in [0.2, 0.25) is 0 Å². The van der Waals surface area contributed by atoms with E-state index in [1.54, 1.807) is 20.8 Å². The zero-order valence-corrected chi connectivity index (χ0v) is 15.1. The fourth-order valence-corrected chi connectivity index (χ4v) is 2.14. The summed E-state index contributed by atoms with van der Waals surface area (Å²) in [6.07, 6.45) is -0.731. The van der Waals surface area contributed by atoms with E-state index in [0.29, 0.717) is 0 Å². The van der Waals surface area contributed by atoms with Crippen LogP contribution in [0.5, 0.6) is 0 Å². The predicted octanol–water partition coefficient (Wildman–Crippen LogP) is 5.22. The van der Waals surface area contributed by atoms with E-state index in [9.17, 15) is 18.4 Å². The number of carbonyl (C=O) groups is 2. The fourth-order valence-electron chi connectivity index (χ4n) is 1.98. The number of nitrogens with one attached hydrogen (secondary N) is 2. The van der Waals surface area contributed by atoms with Crippen LogP contribution in [0.15, 0.2) is 36.4 Å². The van der Waals surface area contributed by atoms with Gasteiger partial charge >= 0.3 is 6.09 Å². The quantitative estimate of drug-likeness (QED) is 0.765. The molecule has 2 amide bonds. The largest absolute Gasteiger partial charge is 0.444 e. The first-order chi connectivity index (χ1) is 12.0. The monoisotopic (exact) mass is 382 g/mol. The third-order valence-electron chi connectivity index (χ3n) is 3.04. The maximum atomic E-state index is 13.9. The first-order valence-corrected chi connectivity index (χ1v) is 7.99. The number of rotatable bonds is 3. The molecule has 0 bridgehead atoms. The molecule has 0 aliphatic rings. The van der Waals surface area contributed by atoms with Gasteiger partial charge in [-0.05, 0) is 57.2 Å². The van der Waals surface area contributed by atoms with Crippen molar-refractivity contribution < 1.29 is 23.1 Å². The predicted molar refractivity (Wildman–Crippen MR) is 95.6 cm³/mol. The molecule has 2 aromatic rings. The van der Waals surface area contributed by atoms with Gasteiger partial charge in [0.25, 0.3) is 5.91 Å². The SMILES string of the molecule is CC(C)(C)OC(=O)Nc1ccc(F)c(NC(=O)c2ccc(Cl)cc2F)c1. The summed E-state index contributed by atoms with van der Waals surface area (Å²) >= 11 is 5.64. The molecule has 2 rings (SSSR count). The molecule has 26 heavy (non-hydrogen) atoms. The van der Waals surface area contributed by atoms with E-state index < -0.39 is 29.2 Å². The number of ether oxygens (including phenoxy) is 1. The molecule has 2 aromatic carbocycles. The van der Waals surface area contributed by atoms with Crippen LogP contribution in [0.3, 0.4) is 0 Å². The van der Waals surface area contributed by atoms with E-state index in [1.165, 1.54) is 24.3 Å². The summed E-state index contributed by atoms with van der Waals surface area (Å²) in [4.78, 5) is 23.9. The zero-order chi connectivity index (χ0) is 19.5. The molecular formula is C18H17ClF2N2O3. The zero-order valence-electron chi connectivity index (χ0n) is 14.3. The highest BCUT2D eigenvalue weighted by molar-refractivity contribution is 6.30.